The summed E-state index contributed by atoms with van der Waals surface area (Å²) in [5.74, 6) is 0.512. The Morgan fingerprint density at radius 2 is 1.68 bits per heavy atom. The van der Waals surface area contributed by atoms with Crippen LogP contribution in [0.3, 0.4) is 0 Å². The fourth-order valence-corrected chi connectivity index (χ4v) is 3.99. The molecule has 0 spiro atoms. The van der Waals surface area contributed by atoms with Gasteiger partial charge in [0.25, 0.3) is 11.8 Å². The van der Waals surface area contributed by atoms with Crippen molar-refractivity contribution in [1.29, 1.82) is 0 Å². The van der Waals surface area contributed by atoms with Gasteiger partial charge in [-0.15, -0.1) is 0 Å². The van der Waals surface area contributed by atoms with E-state index in [0.717, 1.165) is 16.8 Å². The van der Waals surface area contributed by atoms with Crippen molar-refractivity contribution >= 4 is 35.2 Å². The van der Waals surface area contributed by atoms with Gasteiger partial charge in [-0.1, -0.05) is 44.2 Å². The number of amides is 3. The fraction of sp³-hybridized carbons (Fsp3) is 0.318. The number of carbonyl (C=O) groups excluding carboxylic acids is 3. The number of thioether (sulfide) groups is 1. The zero-order valence-corrected chi connectivity index (χ0v) is 17.1. The van der Waals surface area contributed by atoms with Gasteiger partial charge in [0.15, 0.2) is 0 Å². The molecule has 0 saturated heterocycles. The van der Waals surface area contributed by atoms with Gasteiger partial charge < -0.3 is 5.32 Å². The minimum absolute atomic E-state index is 0.0800. The Kier molecular flexibility index (Phi) is 6.19. The molecule has 0 fully saturated rings. The molecule has 0 atom stereocenters. The zero-order valence-electron chi connectivity index (χ0n) is 16.3. The molecule has 0 bridgehead atoms. The number of benzene rings is 2. The molecule has 1 aliphatic heterocycles. The molecule has 0 unspecified atom stereocenters. The van der Waals surface area contributed by atoms with Crippen molar-refractivity contribution in [1.82, 2.24) is 4.90 Å². The first kappa shape index (κ1) is 20.1. The van der Waals surface area contributed by atoms with Crippen LogP contribution in [0.25, 0.3) is 0 Å². The third-order valence-electron chi connectivity index (χ3n) is 4.76. The number of rotatable bonds is 7. The molecule has 146 valence electrons. The monoisotopic (exact) mass is 396 g/mol. The Morgan fingerprint density at radius 3 is 2.29 bits per heavy atom. The molecule has 5 nitrogen and oxygen atoms in total. The lowest BCUT2D eigenvalue weighted by atomic mass is 9.98. The molecule has 1 heterocycles. The molecular weight excluding hydrogens is 372 g/mol. The molecule has 0 saturated carbocycles. The van der Waals surface area contributed by atoms with Gasteiger partial charge in [0.1, 0.15) is 0 Å². The van der Waals surface area contributed by atoms with Gasteiger partial charge in [0, 0.05) is 18.0 Å². The Morgan fingerprint density at radius 1 is 1.04 bits per heavy atom. The van der Waals surface area contributed by atoms with Crippen molar-refractivity contribution in [2.75, 3.05) is 23.4 Å². The molecule has 28 heavy (non-hydrogen) atoms. The predicted octanol–water partition coefficient (Wildman–Crippen LogP) is 4.09. The summed E-state index contributed by atoms with van der Waals surface area (Å²) in [6.07, 6.45) is 0. The van der Waals surface area contributed by atoms with Crippen LogP contribution in [-0.4, -0.2) is 40.7 Å². The molecule has 0 radical (unpaired) electrons. The third kappa shape index (κ3) is 4.12. The normalized spacial score (nSPS) is 13.2. The first-order valence-electron chi connectivity index (χ1n) is 9.32. The highest BCUT2D eigenvalue weighted by molar-refractivity contribution is 7.99. The van der Waals surface area contributed by atoms with E-state index in [1.54, 1.807) is 24.3 Å². The van der Waals surface area contributed by atoms with Crippen LogP contribution < -0.4 is 5.32 Å². The number of hydrogen-bond donors (Lipinski definition) is 1. The van der Waals surface area contributed by atoms with Gasteiger partial charge in [-0.2, -0.15) is 11.8 Å². The SMILES string of the molecule is Cc1cccc(C(C)C)c1NC(=O)CSCCN1C(=O)c2ccccc2C1=O. The van der Waals surface area contributed by atoms with Crippen molar-refractivity contribution in [2.24, 2.45) is 0 Å². The molecular formula is C22H24N2O3S. The summed E-state index contributed by atoms with van der Waals surface area (Å²) in [4.78, 5) is 38.3. The molecule has 6 heteroatoms. The number of aryl methyl sites for hydroxylation is 1. The molecule has 3 amide bonds. The largest absolute Gasteiger partial charge is 0.325 e. The minimum Gasteiger partial charge on any atom is -0.325 e. The molecule has 0 aliphatic carbocycles. The summed E-state index contributed by atoms with van der Waals surface area (Å²) >= 11 is 1.41. The van der Waals surface area contributed by atoms with Gasteiger partial charge in [-0.05, 0) is 36.1 Å². The van der Waals surface area contributed by atoms with Gasteiger partial charge >= 0.3 is 0 Å². The zero-order chi connectivity index (χ0) is 20.3. The molecule has 3 rings (SSSR count). The predicted molar refractivity (Wildman–Crippen MR) is 113 cm³/mol. The van der Waals surface area contributed by atoms with Gasteiger partial charge in [-0.25, -0.2) is 0 Å². The highest BCUT2D eigenvalue weighted by atomic mass is 32.2. The van der Waals surface area contributed by atoms with Gasteiger partial charge in [0.05, 0.1) is 16.9 Å². The van der Waals surface area contributed by atoms with Crippen molar-refractivity contribution in [3.8, 4) is 0 Å². The van der Waals surface area contributed by atoms with E-state index >= 15 is 0 Å². The lowest BCUT2D eigenvalue weighted by molar-refractivity contribution is -0.113. The lowest BCUT2D eigenvalue weighted by Crippen LogP contribution is -2.32. The van der Waals surface area contributed by atoms with Crippen LogP contribution >= 0.6 is 11.8 Å². The summed E-state index contributed by atoms with van der Waals surface area (Å²) in [6, 6.07) is 12.9. The third-order valence-corrected chi connectivity index (χ3v) is 5.70. The van der Waals surface area contributed by atoms with Crippen LogP contribution in [0.5, 0.6) is 0 Å². The topological polar surface area (TPSA) is 66.5 Å². The van der Waals surface area contributed by atoms with Crippen molar-refractivity contribution in [3.63, 3.8) is 0 Å². The van der Waals surface area contributed by atoms with E-state index in [2.05, 4.69) is 19.2 Å². The number of carbonyl (C=O) groups is 3. The lowest BCUT2D eigenvalue weighted by Gasteiger charge is -2.17. The summed E-state index contributed by atoms with van der Waals surface area (Å²) < 4.78 is 0. The number of hydrogen-bond acceptors (Lipinski definition) is 4. The summed E-state index contributed by atoms with van der Waals surface area (Å²) in [6.45, 7) is 6.48. The fourth-order valence-electron chi connectivity index (χ4n) is 3.28. The average Bonchev–Trinajstić information content (AvgIpc) is 2.91. The van der Waals surface area contributed by atoms with Crippen LogP contribution in [0.4, 0.5) is 5.69 Å². The van der Waals surface area contributed by atoms with E-state index < -0.39 is 0 Å². The number of fused-ring (bicyclic) bond motifs is 1. The molecule has 2 aromatic carbocycles. The van der Waals surface area contributed by atoms with E-state index in [0.29, 0.717) is 29.3 Å². The van der Waals surface area contributed by atoms with Gasteiger partial charge in [0.2, 0.25) is 5.91 Å². The maximum Gasteiger partial charge on any atom is 0.261 e. The number of nitrogens with zero attached hydrogens (tertiary/aromatic N) is 1. The standard InChI is InChI=1S/C22H24N2O3S/c1-14(2)16-10-6-7-15(3)20(16)23-19(25)13-28-12-11-24-21(26)17-8-4-5-9-18(17)22(24)27/h4-10,14H,11-13H2,1-3H3,(H,23,25). The molecule has 2 aromatic rings. The number of nitrogens with one attached hydrogen (secondary N) is 1. The first-order valence-corrected chi connectivity index (χ1v) is 10.5. The van der Waals surface area contributed by atoms with Crippen molar-refractivity contribution < 1.29 is 14.4 Å². The minimum atomic E-state index is -0.257. The highest BCUT2D eigenvalue weighted by Gasteiger charge is 2.34. The van der Waals surface area contributed by atoms with Crippen LogP contribution in [0, 0.1) is 6.92 Å². The van der Waals surface area contributed by atoms with Crippen LogP contribution in [0.15, 0.2) is 42.5 Å². The van der Waals surface area contributed by atoms with Crippen LogP contribution in [-0.2, 0) is 4.79 Å². The van der Waals surface area contributed by atoms with E-state index in [1.807, 2.05) is 25.1 Å². The summed E-state index contributed by atoms with van der Waals surface area (Å²) in [5.41, 5.74) is 3.94. The highest BCUT2D eigenvalue weighted by Crippen LogP contribution is 2.27. The quantitative estimate of drug-likeness (QED) is 0.566. The Bertz CT molecular complexity index is 889. The second-order valence-electron chi connectivity index (χ2n) is 7.10. The second kappa shape index (κ2) is 8.61. The van der Waals surface area contributed by atoms with E-state index in [-0.39, 0.29) is 23.5 Å². The maximum atomic E-state index is 12.4. The van der Waals surface area contributed by atoms with E-state index in [9.17, 15) is 14.4 Å². The molecule has 1 aliphatic rings. The smallest absolute Gasteiger partial charge is 0.261 e. The molecule has 0 aromatic heterocycles. The van der Waals surface area contributed by atoms with E-state index in [1.165, 1.54) is 16.7 Å². The van der Waals surface area contributed by atoms with Crippen molar-refractivity contribution in [2.45, 2.75) is 26.7 Å². The molecule has 1 N–H and O–H groups in total. The summed E-state index contributed by atoms with van der Waals surface area (Å²) in [7, 11) is 0. The van der Waals surface area contributed by atoms with Crippen molar-refractivity contribution in [3.05, 3.63) is 64.7 Å². The van der Waals surface area contributed by atoms with Gasteiger partial charge in [-0.3, -0.25) is 19.3 Å². The number of anilines is 1. The van der Waals surface area contributed by atoms with Crippen LogP contribution in [0.2, 0.25) is 0 Å². The maximum absolute atomic E-state index is 12.4. The van der Waals surface area contributed by atoms with E-state index in [4.69, 9.17) is 0 Å². The summed E-state index contributed by atoms with van der Waals surface area (Å²) in [5, 5.41) is 3.01. The Hall–Kier alpha value is -2.60. The first-order chi connectivity index (χ1) is 13.4. The second-order valence-corrected chi connectivity index (χ2v) is 8.21. The number of imide groups is 1. The number of para-hydroxylation sites is 1. The average molecular weight is 397 g/mol. The Balaban J connectivity index is 1.51. The Labute approximate surface area is 169 Å². The van der Waals surface area contributed by atoms with Crippen LogP contribution in [0.1, 0.15) is 51.6 Å².